The third-order valence-corrected chi connectivity index (χ3v) is 7.55. The van der Waals surface area contributed by atoms with E-state index in [4.69, 9.17) is 27.9 Å². The Morgan fingerprint density at radius 3 is 2.42 bits per heavy atom. The lowest BCUT2D eigenvalue weighted by atomic mass is 9.78. The van der Waals surface area contributed by atoms with Gasteiger partial charge in [0.25, 0.3) is 0 Å². The van der Waals surface area contributed by atoms with Gasteiger partial charge >= 0.3 is 0 Å². The molecule has 0 aliphatic carbocycles. The zero-order chi connectivity index (χ0) is 17.6. The molecule has 1 unspecified atom stereocenters. The quantitative estimate of drug-likeness (QED) is 0.837. The second kappa shape index (κ2) is 6.41. The Kier molecular flexibility index (Phi) is 4.92. The Labute approximate surface area is 152 Å². The Morgan fingerprint density at radius 1 is 1.17 bits per heavy atom. The second-order valence-electron chi connectivity index (χ2n) is 6.94. The number of nitrogens with zero attached hydrogens (tertiary/aromatic N) is 1. The molecular formula is C16H21Cl2NO4S. The maximum absolute atomic E-state index is 12.8. The van der Waals surface area contributed by atoms with Crippen LogP contribution < -0.4 is 0 Å². The van der Waals surface area contributed by atoms with Gasteiger partial charge in [0.05, 0.1) is 32.7 Å². The van der Waals surface area contributed by atoms with Gasteiger partial charge < -0.3 is 9.84 Å². The minimum atomic E-state index is -3.61. The Morgan fingerprint density at radius 2 is 1.83 bits per heavy atom. The van der Waals surface area contributed by atoms with Crippen LogP contribution in [0.25, 0.3) is 0 Å². The molecule has 1 spiro atoms. The van der Waals surface area contributed by atoms with E-state index >= 15 is 0 Å². The average molecular weight is 394 g/mol. The molecule has 1 atom stereocenters. The molecule has 24 heavy (non-hydrogen) atoms. The minimum Gasteiger partial charge on any atom is -0.390 e. The van der Waals surface area contributed by atoms with Gasteiger partial charge in [-0.1, -0.05) is 23.2 Å². The first-order chi connectivity index (χ1) is 11.1. The maximum Gasteiger partial charge on any atom is 0.243 e. The summed E-state index contributed by atoms with van der Waals surface area (Å²) in [6.07, 6.45) is 2.30. The number of rotatable bonds is 2. The number of hydrogen-bond donors (Lipinski definition) is 1. The van der Waals surface area contributed by atoms with Gasteiger partial charge in [-0.2, -0.15) is 4.31 Å². The summed E-state index contributed by atoms with van der Waals surface area (Å²) in [7, 11) is -3.61. The van der Waals surface area contributed by atoms with Crippen molar-refractivity contribution in [3.8, 4) is 0 Å². The van der Waals surface area contributed by atoms with Crippen LogP contribution in [0.1, 0.15) is 32.6 Å². The van der Waals surface area contributed by atoms with Crippen molar-refractivity contribution in [3.05, 3.63) is 28.2 Å². The molecule has 0 aromatic heterocycles. The van der Waals surface area contributed by atoms with Crippen molar-refractivity contribution in [3.63, 3.8) is 0 Å². The molecule has 2 heterocycles. The van der Waals surface area contributed by atoms with Crippen LogP contribution in [-0.2, 0) is 14.8 Å². The highest BCUT2D eigenvalue weighted by Crippen LogP contribution is 2.40. The van der Waals surface area contributed by atoms with Crippen LogP contribution in [0.4, 0.5) is 0 Å². The van der Waals surface area contributed by atoms with E-state index in [-0.39, 0.29) is 9.92 Å². The molecule has 3 rings (SSSR count). The van der Waals surface area contributed by atoms with Crippen molar-refractivity contribution < 1.29 is 18.3 Å². The largest absolute Gasteiger partial charge is 0.390 e. The van der Waals surface area contributed by atoms with Gasteiger partial charge in [-0.15, -0.1) is 0 Å². The number of sulfonamides is 1. The molecule has 1 aromatic carbocycles. The van der Waals surface area contributed by atoms with Gasteiger partial charge in [0.15, 0.2) is 0 Å². The SMILES string of the molecule is CC1(O)CCOC2(CCN(S(=O)(=O)c3ccc(Cl)c(Cl)c3)CC2)C1. The van der Waals surface area contributed by atoms with Crippen LogP contribution in [0, 0.1) is 0 Å². The summed E-state index contributed by atoms with van der Waals surface area (Å²) in [6, 6.07) is 4.34. The van der Waals surface area contributed by atoms with Crippen molar-refractivity contribution in [2.24, 2.45) is 0 Å². The minimum absolute atomic E-state index is 0.143. The molecule has 0 amide bonds. The summed E-state index contributed by atoms with van der Waals surface area (Å²) in [6.45, 7) is 3.04. The number of halogens is 2. The molecular weight excluding hydrogens is 373 g/mol. The Hall–Kier alpha value is -0.370. The fourth-order valence-corrected chi connectivity index (χ4v) is 5.39. The van der Waals surface area contributed by atoms with Crippen molar-refractivity contribution in [2.75, 3.05) is 19.7 Å². The van der Waals surface area contributed by atoms with Gasteiger partial charge in [0, 0.05) is 19.5 Å². The molecule has 1 N–H and O–H groups in total. The normalized spacial score (nSPS) is 28.2. The van der Waals surface area contributed by atoms with Crippen molar-refractivity contribution in [2.45, 2.75) is 48.7 Å². The van der Waals surface area contributed by atoms with Crippen LogP contribution in [0.2, 0.25) is 10.0 Å². The first-order valence-corrected chi connectivity index (χ1v) is 10.1. The standard InChI is InChI=1S/C16H21Cl2NO4S/c1-15(20)6-9-23-16(11-15)4-7-19(8-5-16)24(21,22)12-2-3-13(17)14(18)10-12/h2-3,10,20H,4-9,11H2,1H3. The first kappa shape index (κ1) is 18.4. The van der Waals surface area contributed by atoms with Crippen LogP contribution in [0.3, 0.4) is 0 Å². The molecule has 134 valence electrons. The van der Waals surface area contributed by atoms with Gasteiger partial charge in [0.1, 0.15) is 0 Å². The smallest absolute Gasteiger partial charge is 0.243 e. The lowest BCUT2D eigenvalue weighted by Gasteiger charge is -2.47. The second-order valence-corrected chi connectivity index (χ2v) is 9.69. The van der Waals surface area contributed by atoms with Crippen molar-refractivity contribution in [1.82, 2.24) is 4.31 Å². The average Bonchev–Trinajstić information content (AvgIpc) is 2.49. The van der Waals surface area contributed by atoms with E-state index in [2.05, 4.69) is 0 Å². The fourth-order valence-electron chi connectivity index (χ4n) is 3.56. The molecule has 2 aliphatic heterocycles. The van der Waals surface area contributed by atoms with Crippen LogP contribution in [0.15, 0.2) is 23.1 Å². The number of piperidine rings is 1. The molecule has 0 radical (unpaired) electrons. The lowest BCUT2D eigenvalue weighted by molar-refractivity contribution is -0.168. The number of aliphatic hydroxyl groups is 1. The van der Waals surface area contributed by atoms with E-state index in [0.29, 0.717) is 50.4 Å². The van der Waals surface area contributed by atoms with Crippen molar-refractivity contribution >= 4 is 33.2 Å². The summed E-state index contributed by atoms with van der Waals surface area (Å²) in [5, 5.41) is 10.9. The van der Waals surface area contributed by atoms with E-state index in [1.54, 1.807) is 0 Å². The molecule has 5 nitrogen and oxygen atoms in total. The summed E-state index contributed by atoms with van der Waals surface area (Å²) >= 11 is 11.8. The number of hydrogen-bond acceptors (Lipinski definition) is 4. The molecule has 2 aliphatic rings. The Bertz CT molecular complexity index is 728. The monoisotopic (exact) mass is 393 g/mol. The van der Waals surface area contributed by atoms with E-state index in [1.165, 1.54) is 22.5 Å². The Balaban J connectivity index is 1.75. The summed E-state index contributed by atoms with van der Waals surface area (Å²) < 4.78 is 32.9. The predicted octanol–water partition coefficient (Wildman–Crippen LogP) is 3.08. The summed E-state index contributed by atoms with van der Waals surface area (Å²) in [5.41, 5.74) is -1.17. The molecule has 2 saturated heterocycles. The third kappa shape index (κ3) is 3.59. The van der Waals surface area contributed by atoms with E-state index in [1.807, 2.05) is 6.92 Å². The van der Waals surface area contributed by atoms with E-state index in [0.717, 1.165) is 0 Å². The zero-order valence-corrected chi connectivity index (χ0v) is 15.8. The molecule has 0 saturated carbocycles. The first-order valence-electron chi connectivity index (χ1n) is 7.95. The van der Waals surface area contributed by atoms with Crippen molar-refractivity contribution in [1.29, 1.82) is 0 Å². The number of benzene rings is 1. The number of ether oxygens (including phenoxy) is 1. The van der Waals surface area contributed by atoms with Gasteiger partial charge in [0.2, 0.25) is 10.0 Å². The maximum atomic E-state index is 12.8. The highest BCUT2D eigenvalue weighted by Gasteiger charge is 2.46. The summed E-state index contributed by atoms with van der Waals surface area (Å²) in [5.74, 6) is 0. The van der Waals surface area contributed by atoms with Crippen LogP contribution in [-0.4, -0.2) is 48.7 Å². The topological polar surface area (TPSA) is 66.8 Å². The third-order valence-electron chi connectivity index (χ3n) is 4.91. The van der Waals surface area contributed by atoms with E-state index < -0.39 is 21.2 Å². The van der Waals surface area contributed by atoms with Crippen LogP contribution >= 0.6 is 23.2 Å². The van der Waals surface area contributed by atoms with Gasteiger partial charge in [-0.3, -0.25) is 0 Å². The molecule has 2 fully saturated rings. The molecule has 8 heteroatoms. The van der Waals surface area contributed by atoms with E-state index in [9.17, 15) is 13.5 Å². The highest BCUT2D eigenvalue weighted by molar-refractivity contribution is 7.89. The molecule has 0 bridgehead atoms. The van der Waals surface area contributed by atoms with Gasteiger partial charge in [-0.05, 0) is 44.4 Å². The fraction of sp³-hybridized carbons (Fsp3) is 0.625. The highest BCUT2D eigenvalue weighted by atomic mass is 35.5. The van der Waals surface area contributed by atoms with Gasteiger partial charge in [-0.25, -0.2) is 8.42 Å². The van der Waals surface area contributed by atoms with Crippen LogP contribution in [0.5, 0.6) is 0 Å². The predicted molar refractivity (Wildman–Crippen MR) is 93.0 cm³/mol. The summed E-state index contributed by atoms with van der Waals surface area (Å²) in [4.78, 5) is 0.143. The zero-order valence-electron chi connectivity index (χ0n) is 13.5. The lowest BCUT2D eigenvalue weighted by Crippen LogP contribution is -2.54. The molecule has 1 aromatic rings.